The Bertz CT molecular complexity index is 844. The first-order valence-corrected chi connectivity index (χ1v) is 5.67. The van der Waals surface area contributed by atoms with E-state index < -0.39 is 0 Å². The molecule has 2 heterocycles. The topological polar surface area (TPSA) is 54.7 Å². The number of oxazole rings is 1. The predicted octanol–water partition coefficient (Wildman–Crippen LogP) is 3.37. The number of hydrogen-bond acceptors (Lipinski definition) is 3. The van der Waals surface area contributed by atoms with Crippen LogP contribution in [0.25, 0.3) is 33.1 Å². The molecule has 0 fully saturated rings. The van der Waals surface area contributed by atoms with Gasteiger partial charge in [-0.15, -0.1) is 0 Å². The van der Waals surface area contributed by atoms with Crippen molar-refractivity contribution in [3.63, 3.8) is 0 Å². The number of benzene rings is 2. The average Bonchev–Trinajstić information content (AvgIpc) is 3.05. The summed E-state index contributed by atoms with van der Waals surface area (Å²) < 4.78 is 5.25. The Labute approximate surface area is 102 Å². The second-order valence-corrected chi connectivity index (χ2v) is 4.17. The van der Waals surface area contributed by atoms with Crippen LogP contribution in [0.1, 0.15) is 0 Å². The fourth-order valence-corrected chi connectivity index (χ4v) is 2.25. The summed E-state index contributed by atoms with van der Waals surface area (Å²) in [7, 11) is 0. The molecule has 2 aromatic heterocycles. The van der Waals surface area contributed by atoms with Crippen LogP contribution in [0.15, 0.2) is 53.4 Å². The molecule has 4 rings (SSSR count). The van der Waals surface area contributed by atoms with Crippen LogP contribution < -0.4 is 0 Å². The van der Waals surface area contributed by atoms with E-state index >= 15 is 0 Å². The fourth-order valence-electron chi connectivity index (χ4n) is 2.25. The molecule has 0 aliphatic carbocycles. The van der Waals surface area contributed by atoms with Crippen molar-refractivity contribution in [2.24, 2.45) is 0 Å². The number of H-pyrrole nitrogens is 1. The Balaban J connectivity index is 2.03. The van der Waals surface area contributed by atoms with Gasteiger partial charge < -0.3 is 4.42 Å². The van der Waals surface area contributed by atoms with E-state index in [1.54, 1.807) is 0 Å². The van der Waals surface area contributed by atoms with Crippen LogP contribution in [0.3, 0.4) is 0 Å². The van der Waals surface area contributed by atoms with Crippen molar-refractivity contribution >= 4 is 22.0 Å². The molecular formula is C14H9N3O. The van der Waals surface area contributed by atoms with Gasteiger partial charge in [0.2, 0.25) is 0 Å². The summed E-state index contributed by atoms with van der Waals surface area (Å²) in [5.41, 5.74) is 4.97. The zero-order valence-corrected chi connectivity index (χ0v) is 9.42. The quantitative estimate of drug-likeness (QED) is 0.550. The van der Waals surface area contributed by atoms with E-state index in [2.05, 4.69) is 21.2 Å². The summed E-state index contributed by atoms with van der Waals surface area (Å²) in [6.45, 7) is 0. The molecule has 4 aromatic rings. The van der Waals surface area contributed by atoms with Gasteiger partial charge in [0.15, 0.2) is 12.0 Å². The summed E-state index contributed by atoms with van der Waals surface area (Å²) in [6, 6.07) is 12.1. The van der Waals surface area contributed by atoms with Crippen LogP contribution in [-0.4, -0.2) is 15.2 Å². The molecule has 86 valence electrons. The number of nitrogens with zero attached hydrogens (tertiary/aromatic N) is 2. The number of fused-ring (bicyclic) bond motifs is 2. The highest BCUT2D eigenvalue weighted by atomic mass is 16.3. The minimum Gasteiger partial charge on any atom is -0.443 e. The van der Waals surface area contributed by atoms with Gasteiger partial charge in [0.25, 0.3) is 0 Å². The van der Waals surface area contributed by atoms with E-state index in [9.17, 15) is 0 Å². The first-order valence-electron chi connectivity index (χ1n) is 5.67. The van der Waals surface area contributed by atoms with Gasteiger partial charge in [0.05, 0.1) is 11.7 Å². The van der Waals surface area contributed by atoms with E-state index in [1.807, 2.05) is 36.5 Å². The molecule has 0 atom stereocenters. The lowest BCUT2D eigenvalue weighted by atomic mass is 10.0. The number of rotatable bonds is 1. The standard InChI is InChI=1S/C14H9N3O/c1-2-10(11-7-16-17-12(11)3-1)9-4-5-14-13(6-9)15-8-18-14/h1-8H,(H,16,17). The highest BCUT2D eigenvalue weighted by molar-refractivity contribution is 5.95. The van der Waals surface area contributed by atoms with E-state index in [0.29, 0.717) is 0 Å². The van der Waals surface area contributed by atoms with E-state index in [1.165, 1.54) is 6.39 Å². The largest absolute Gasteiger partial charge is 0.443 e. The third kappa shape index (κ3) is 1.26. The van der Waals surface area contributed by atoms with Crippen LogP contribution in [0.2, 0.25) is 0 Å². The molecule has 18 heavy (non-hydrogen) atoms. The maximum atomic E-state index is 5.25. The van der Waals surface area contributed by atoms with Gasteiger partial charge in [-0.3, -0.25) is 5.10 Å². The number of aromatic nitrogens is 3. The highest BCUT2D eigenvalue weighted by Crippen LogP contribution is 2.29. The summed E-state index contributed by atoms with van der Waals surface area (Å²) in [5, 5.41) is 8.17. The van der Waals surface area contributed by atoms with Crippen LogP contribution >= 0.6 is 0 Å². The predicted molar refractivity (Wildman–Crippen MR) is 69.1 cm³/mol. The van der Waals surface area contributed by atoms with Crippen LogP contribution in [0, 0.1) is 0 Å². The van der Waals surface area contributed by atoms with Crippen molar-refractivity contribution in [2.45, 2.75) is 0 Å². The fraction of sp³-hybridized carbons (Fsp3) is 0. The lowest BCUT2D eigenvalue weighted by molar-refractivity contribution is 0.602. The Hall–Kier alpha value is -2.62. The zero-order chi connectivity index (χ0) is 11.9. The number of aromatic amines is 1. The van der Waals surface area contributed by atoms with Gasteiger partial charge in [0.1, 0.15) is 5.52 Å². The summed E-state index contributed by atoms with van der Waals surface area (Å²) in [4.78, 5) is 4.18. The van der Waals surface area contributed by atoms with Gasteiger partial charge in [-0.05, 0) is 29.3 Å². The van der Waals surface area contributed by atoms with Crippen molar-refractivity contribution in [3.05, 3.63) is 49.0 Å². The molecule has 0 spiro atoms. The molecule has 0 saturated heterocycles. The maximum Gasteiger partial charge on any atom is 0.181 e. The first-order chi connectivity index (χ1) is 8.92. The lowest BCUT2D eigenvalue weighted by Gasteiger charge is -2.02. The van der Waals surface area contributed by atoms with Gasteiger partial charge >= 0.3 is 0 Å². The molecule has 1 N–H and O–H groups in total. The van der Waals surface area contributed by atoms with Crippen molar-refractivity contribution in [2.75, 3.05) is 0 Å². The summed E-state index contributed by atoms with van der Waals surface area (Å²) in [5.74, 6) is 0. The van der Waals surface area contributed by atoms with E-state index in [-0.39, 0.29) is 0 Å². The highest BCUT2D eigenvalue weighted by Gasteiger charge is 2.07. The van der Waals surface area contributed by atoms with Crippen molar-refractivity contribution in [1.29, 1.82) is 0 Å². The normalized spacial score (nSPS) is 11.3. The first kappa shape index (κ1) is 9.41. The van der Waals surface area contributed by atoms with Crippen molar-refractivity contribution in [3.8, 4) is 11.1 Å². The minimum absolute atomic E-state index is 0.804. The molecule has 0 unspecified atom stereocenters. The van der Waals surface area contributed by atoms with Crippen molar-refractivity contribution in [1.82, 2.24) is 15.2 Å². The Kier molecular flexibility index (Phi) is 1.80. The third-order valence-corrected chi connectivity index (χ3v) is 3.13. The van der Waals surface area contributed by atoms with Crippen molar-refractivity contribution < 1.29 is 4.42 Å². The molecule has 0 aliphatic rings. The van der Waals surface area contributed by atoms with Crippen LogP contribution in [0.5, 0.6) is 0 Å². The molecule has 0 radical (unpaired) electrons. The molecular weight excluding hydrogens is 226 g/mol. The molecule has 4 nitrogen and oxygen atoms in total. The van der Waals surface area contributed by atoms with Gasteiger partial charge in [0, 0.05) is 5.39 Å². The molecule has 4 heteroatoms. The number of nitrogens with one attached hydrogen (secondary N) is 1. The molecule has 2 aromatic carbocycles. The average molecular weight is 235 g/mol. The van der Waals surface area contributed by atoms with Gasteiger partial charge in [-0.25, -0.2) is 4.98 Å². The smallest absolute Gasteiger partial charge is 0.181 e. The Morgan fingerprint density at radius 1 is 1.11 bits per heavy atom. The van der Waals surface area contributed by atoms with Crippen LogP contribution in [0.4, 0.5) is 0 Å². The Morgan fingerprint density at radius 2 is 2.11 bits per heavy atom. The van der Waals surface area contributed by atoms with Crippen LogP contribution in [-0.2, 0) is 0 Å². The second-order valence-electron chi connectivity index (χ2n) is 4.17. The molecule has 0 saturated carbocycles. The maximum absolute atomic E-state index is 5.25. The molecule has 0 amide bonds. The SMILES string of the molecule is c1cc(-c2ccc3ocnc3c2)c2cn[nH]c2c1. The van der Waals surface area contributed by atoms with E-state index in [4.69, 9.17) is 4.42 Å². The van der Waals surface area contributed by atoms with Gasteiger partial charge in [-0.2, -0.15) is 5.10 Å². The molecule has 0 aliphatic heterocycles. The minimum atomic E-state index is 0.804. The molecule has 0 bridgehead atoms. The van der Waals surface area contributed by atoms with Gasteiger partial charge in [-0.1, -0.05) is 18.2 Å². The zero-order valence-electron chi connectivity index (χ0n) is 9.42. The lowest BCUT2D eigenvalue weighted by Crippen LogP contribution is -1.79. The third-order valence-electron chi connectivity index (χ3n) is 3.13. The summed E-state index contributed by atoms with van der Waals surface area (Å²) in [6.07, 6.45) is 3.31. The monoisotopic (exact) mass is 235 g/mol. The number of hydrogen-bond donors (Lipinski definition) is 1. The van der Waals surface area contributed by atoms with E-state index in [0.717, 1.165) is 33.1 Å². The second kappa shape index (κ2) is 3.43. The summed E-state index contributed by atoms with van der Waals surface area (Å²) >= 11 is 0. The Morgan fingerprint density at radius 3 is 3.11 bits per heavy atom.